The summed E-state index contributed by atoms with van der Waals surface area (Å²) in [6, 6.07) is 7.96. The van der Waals surface area contributed by atoms with Gasteiger partial charge in [-0.1, -0.05) is 30.9 Å². The van der Waals surface area contributed by atoms with E-state index in [1.54, 1.807) is 6.08 Å². The Morgan fingerprint density at radius 3 is 2.82 bits per heavy atom. The highest BCUT2D eigenvalue weighted by molar-refractivity contribution is 14.0. The van der Waals surface area contributed by atoms with Crippen LogP contribution in [0.1, 0.15) is 31.7 Å². The van der Waals surface area contributed by atoms with Gasteiger partial charge in [0.05, 0.1) is 12.6 Å². The number of halogens is 1. The minimum atomic E-state index is 0. The maximum atomic E-state index is 5.90. The molecule has 1 aliphatic rings. The Balaban J connectivity index is 0.00000392. The summed E-state index contributed by atoms with van der Waals surface area (Å²) in [5.41, 5.74) is 1.06. The first-order chi connectivity index (χ1) is 13.3. The number of hydrogen-bond donors (Lipinski definition) is 2. The van der Waals surface area contributed by atoms with E-state index in [0.29, 0.717) is 19.3 Å². The Morgan fingerprint density at radius 1 is 1.29 bits per heavy atom. The van der Waals surface area contributed by atoms with Crippen LogP contribution in [0.15, 0.2) is 41.9 Å². The second-order valence-electron chi connectivity index (χ2n) is 6.37. The number of benzene rings is 1. The highest BCUT2D eigenvalue weighted by atomic mass is 127. The molecule has 0 amide bonds. The molecule has 0 spiro atoms. The molecule has 1 aliphatic heterocycles. The quantitative estimate of drug-likeness (QED) is 0.159. The number of aliphatic imine (C=N–C) groups is 1. The Kier molecular flexibility index (Phi) is 13.8. The molecule has 28 heavy (non-hydrogen) atoms. The predicted octanol–water partition coefficient (Wildman–Crippen LogP) is 3.51. The SMILES string of the molecule is C=CCOc1ccccc1CN=C(NCC)NCCCOC1CCOCC1.I. The third kappa shape index (κ3) is 9.75. The number of para-hydroxylation sites is 1. The van der Waals surface area contributed by atoms with Crippen LogP contribution in [-0.4, -0.2) is 51.6 Å². The summed E-state index contributed by atoms with van der Waals surface area (Å²) in [6.45, 7) is 10.8. The van der Waals surface area contributed by atoms with Gasteiger partial charge in [-0.15, -0.1) is 24.0 Å². The predicted molar refractivity (Wildman–Crippen MR) is 125 cm³/mol. The molecule has 7 heteroatoms. The van der Waals surface area contributed by atoms with Gasteiger partial charge in [-0.05, 0) is 32.3 Å². The van der Waals surface area contributed by atoms with E-state index in [2.05, 4.69) is 29.1 Å². The first-order valence-corrected chi connectivity index (χ1v) is 9.86. The van der Waals surface area contributed by atoms with Crippen LogP contribution in [0.4, 0.5) is 0 Å². The fourth-order valence-electron chi connectivity index (χ4n) is 2.80. The van der Waals surface area contributed by atoms with Crippen molar-refractivity contribution in [1.82, 2.24) is 10.6 Å². The Hall–Kier alpha value is -1.32. The fraction of sp³-hybridized carbons (Fsp3) is 0.571. The summed E-state index contributed by atoms with van der Waals surface area (Å²) < 4.78 is 16.9. The summed E-state index contributed by atoms with van der Waals surface area (Å²) in [5, 5.41) is 6.65. The molecular weight excluding hydrogens is 469 g/mol. The molecule has 0 atom stereocenters. The zero-order valence-electron chi connectivity index (χ0n) is 16.8. The Morgan fingerprint density at radius 2 is 2.07 bits per heavy atom. The van der Waals surface area contributed by atoms with Crippen molar-refractivity contribution in [2.45, 2.75) is 38.8 Å². The molecule has 1 aromatic carbocycles. The van der Waals surface area contributed by atoms with Gasteiger partial charge in [-0.25, -0.2) is 4.99 Å². The summed E-state index contributed by atoms with van der Waals surface area (Å²) in [5.74, 6) is 1.66. The molecular formula is C21H34IN3O3. The molecule has 158 valence electrons. The third-order valence-electron chi connectivity index (χ3n) is 4.22. The summed E-state index contributed by atoms with van der Waals surface area (Å²) in [7, 11) is 0. The van der Waals surface area contributed by atoms with Crippen LogP contribution >= 0.6 is 24.0 Å². The van der Waals surface area contributed by atoms with Crippen LogP contribution in [0.3, 0.4) is 0 Å². The van der Waals surface area contributed by atoms with Gasteiger partial charge in [0.25, 0.3) is 0 Å². The first-order valence-electron chi connectivity index (χ1n) is 9.86. The van der Waals surface area contributed by atoms with Crippen LogP contribution in [0.2, 0.25) is 0 Å². The summed E-state index contributed by atoms with van der Waals surface area (Å²) >= 11 is 0. The van der Waals surface area contributed by atoms with Crippen LogP contribution in [-0.2, 0) is 16.0 Å². The van der Waals surface area contributed by atoms with Gasteiger partial charge < -0.3 is 24.8 Å². The van der Waals surface area contributed by atoms with Crippen molar-refractivity contribution in [1.29, 1.82) is 0 Å². The van der Waals surface area contributed by atoms with Crippen LogP contribution < -0.4 is 15.4 Å². The van der Waals surface area contributed by atoms with Gasteiger partial charge in [-0.2, -0.15) is 0 Å². The van der Waals surface area contributed by atoms with Gasteiger partial charge in [0.15, 0.2) is 5.96 Å². The molecule has 0 saturated carbocycles. The van der Waals surface area contributed by atoms with Crippen molar-refractivity contribution in [2.24, 2.45) is 4.99 Å². The summed E-state index contributed by atoms with van der Waals surface area (Å²) in [4.78, 5) is 4.67. The van der Waals surface area contributed by atoms with E-state index >= 15 is 0 Å². The highest BCUT2D eigenvalue weighted by Crippen LogP contribution is 2.18. The van der Waals surface area contributed by atoms with Crippen molar-refractivity contribution < 1.29 is 14.2 Å². The lowest BCUT2D eigenvalue weighted by Gasteiger charge is -2.22. The molecule has 2 rings (SSSR count). The lowest BCUT2D eigenvalue weighted by atomic mass is 10.1. The largest absolute Gasteiger partial charge is 0.489 e. The normalized spacial score (nSPS) is 14.8. The first kappa shape index (κ1) is 24.7. The second-order valence-corrected chi connectivity index (χ2v) is 6.37. The Bertz CT molecular complexity index is 578. The molecule has 1 aromatic rings. The fourth-order valence-corrected chi connectivity index (χ4v) is 2.80. The van der Waals surface area contributed by atoms with Crippen molar-refractivity contribution in [3.05, 3.63) is 42.5 Å². The molecule has 2 N–H and O–H groups in total. The average molecular weight is 503 g/mol. The van der Waals surface area contributed by atoms with Crippen molar-refractivity contribution >= 4 is 29.9 Å². The summed E-state index contributed by atoms with van der Waals surface area (Å²) in [6.07, 6.45) is 5.05. The molecule has 0 radical (unpaired) electrons. The number of ether oxygens (including phenoxy) is 3. The third-order valence-corrected chi connectivity index (χ3v) is 4.22. The maximum Gasteiger partial charge on any atom is 0.191 e. The zero-order valence-corrected chi connectivity index (χ0v) is 19.2. The number of nitrogens with zero attached hydrogens (tertiary/aromatic N) is 1. The molecule has 0 aliphatic carbocycles. The lowest BCUT2D eigenvalue weighted by Crippen LogP contribution is -2.38. The van der Waals surface area contributed by atoms with Crippen LogP contribution in [0.5, 0.6) is 5.75 Å². The molecule has 1 heterocycles. The average Bonchev–Trinajstić information content (AvgIpc) is 2.71. The molecule has 0 bridgehead atoms. The van der Waals surface area contributed by atoms with Crippen molar-refractivity contribution in [2.75, 3.05) is 39.5 Å². The van der Waals surface area contributed by atoms with E-state index in [1.165, 1.54) is 0 Å². The molecule has 0 aromatic heterocycles. The van der Waals surface area contributed by atoms with Crippen LogP contribution in [0, 0.1) is 0 Å². The number of guanidine groups is 1. The zero-order chi connectivity index (χ0) is 19.2. The number of rotatable bonds is 11. The van der Waals surface area contributed by atoms with Gasteiger partial charge in [0.2, 0.25) is 0 Å². The van der Waals surface area contributed by atoms with Gasteiger partial charge >= 0.3 is 0 Å². The monoisotopic (exact) mass is 503 g/mol. The number of nitrogens with one attached hydrogen (secondary N) is 2. The van der Waals surface area contributed by atoms with E-state index in [1.807, 2.05) is 24.3 Å². The van der Waals surface area contributed by atoms with E-state index in [-0.39, 0.29) is 24.0 Å². The number of hydrogen-bond acceptors (Lipinski definition) is 4. The van der Waals surface area contributed by atoms with E-state index in [0.717, 1.165) is 69.4 Å². The lowest BCUT2D eigenvalue weighted by molar-refractivity contribution is -0.0320. The maximum absolute atomic E-state index is 5.90. The van der Waals surface area contributed by atoms with Gasteiger partial charge in [0.1, 0.15) is 12.4 Å². The molecule has 6 nitrogen and oxygen atoms in total. The van der Waals surface area contributed by atoms with E-state index in [4.69, 9.17) is 14.2 Å². The van der Waals surface area contributed by atoms with E-state index in [9.17, 15) is 0 Å². The minimum absolute atomic E-state index is 0. The highest BCUT2D eigenvalue weighted by Gasteiger charge is 2.13. The van der Waals surface area contributed by atoms with Gasteiger partial charge in [-0.3, -0.25) is 0 Å². The molecule has 0 unspecified atom stereocenters. The van der Waals surface area contributed by atoms with Crippen LogP contribution in [0.25, 0.3) is 0 Å². The van der Waals surface area contributed by atoms with Gasteiger partial charge in [0, 0.05) is 38.5 Å². The smallest absolute Gasteiger partial charge is 0.191 e. The van der Waals surface area contributed by atoms with Crippen molar-refractivity contribution in [3.63, 3.8) is 0 Å². The molecule has 1 fully saturated rings. The standard InChI is InChI=1S/C21H33N3O3.HI/c1-3-13-27-20-9-6-5-8-18(20)17-24-21(22-4-2)23-12-7-14-26-19-10-15-25-16-11-19;/h3,5-6,8-9,19H,1,4,7,10-17H2,2H3,(H2,22,23,24);1H. The van der Waals surface area contributed by atoms with Crippen molar-refractivity contribution in [3.8, 4) is 5.75 Å². The van der Waals surface area contributed by atoms with E-state index < -0.39 is 0 Å². The molecule has 1 saturated heterocycles. The second kappa shape index (κ2) is 15.6. The topological polar surface area (TPSA) is 64.1 Å². The Labute approximate surface area is 186 Å². The minimum Gasteiger partial charge on any atom is -0.489 e.